The van der Waals surface area contributed by atoms with Crippen LogP contribution in [0.25, 0.3) is 0 Å². The van der Waals surface area contributed by atoms with Crippen LogP contribution >= 0.6 is 0 Å². The van der Waals surface area contributed by atoms with Gasteiger partial charge < -0.3 is 14.4 Å². The number of para-hydroxylation sites is 1. The van der Waals surface area contributed by atoms with E-state index in [0.717, 1.165) is 43.4 Å². The van der Waals surface area contributed by atoms with E-state index in [0.29, 0.717) is 11.8 Å². The Kier molecular flexibility index (Phi) is 5.18. The van der Waals surface area contributed by atoms with Crippen molar-refractivity contribution < 1.29 is 9.47 Å². The highest BCUT2D eigenvalue weighted by molar-refractivity contribution is 5.49. The number of hydrogen-bond donors (Lipinski definition) is 0. The Morgan fingerprint density at radius 3 is 2.88 bits per heavy atom. The molecule has 0 radical (unpaired) electrons. The molecule has 2 heterocycles. The predicted octanol–water partition coefficient (Wildman–Crippen LogP) is 3.40. The number of anilines is 1. The first-order valence-corrected chi connectivity index (χ1v) is 8.48. The number of ether oxygens (including phenoxy) is 2. The Morgan fingerprint density at radius 2 is 2.08 bits per heavy atom. The monoisotopic (exact) mass is 327 g/mol. The third-order valence-corrected chi connectivity index (χ3v) is 4.42. The van der Waals surface area contributed by atoms with Crippen molar-refractivity contribution in [1.82, 2.24) is 9.97 Å². The number of aryl methyl sites for hydroxylation is 2. The van der Waals surface area contributed by atoms with Gasteiger partial charge in [0.05, 0.1) is 25.6 Å². The van der Waals surface area contributed by atoms with E-state index < -0.39 is 0 Å². The summed E-state index contributed by atoms with van der Waals surface area (Å²) >= 11 is 0. The Hall–Kier alpha value is -2.30. The summed E-state index contributed by atoms with van der Waals surface area (Å²) in [5.41, 5.74) is 2.08. The minimum absolute atomic E-state index is 0.477. The van der Waals surface area contributed by atoms with E-state index in [1.54, 1.807) is 13.3 Å². The Balaban J connectivity index is 1.66. The minimum Gasteiger partial charge on any atom is -0.493 e. The normalized spacial score (nSPS) is 17.6. The fraction of sp³-hybridized carbons (Fsp3) is 0.474. The van der Waals surface area contributed by atoms with E-state index >= 15 is 0 Å². The summed E-state index contributed by atoms with van der Waals surface area (Å²) in [6.45, 7) is 6.66. The van der Waals surface area contributed by atoms with Gasteiger partial charge in [-0.25, -0.2) is 9.97 Å². The second kappa shape index (κ2) is 7.51. The summed E-state index contributed by atoms with van der Waals surface area (Å²) in [6.07, 6.45) is 4.04. The molecule has 0 bridgehead atoms. The molecule has 0 amide bonds. The van der Waals surface area contributed by atoms with Crippen LogP contribution in [0.3, 0.4) is 0 Å². The molecule has 3 rings (SSSR count). The van der Waals surface area contributed by atoms with Gasteiger partial charge in [-0.15, -0.1) is 0 Å². The third-order valence-electron chi connectivity index (χ3n) is 4.42. The summed E-state index contributed by atoms with van der Waals surface area (Å²) in [5, 5.41) is 0. The number of aromatic nitrogens is 2. The highest BCUT2D eigenvalue weighted by Crippen LogP contribution is 2.28. The van der Waals surface area contributed by atoms with Crippen molar-refractivity contribution in [3.8, 4) is 11.6 Å². The molecule has 1 fully saturated rings. The molecule has 5 nitrogen and oxygen atoms in total. The van der Waals surface area contributed by atoms with E-state index in [-0.39, 0.29) is 0 Å². The first-order chi connectivity index (χ1) is 11.7. The van der Waals surface area contributed by atoms with Gasteiger partial charge in [0.25, 0.3) is 5.88 Å². The standard InChI is InChI=1S/C19H25N3O2/c1-14-7-4-5-9-17(14)24-13-16-8-6-10-22(12-16)18-19(23-3)20-11-15(2)21-18/h4-5,7,9,11,16H,6,8,10,12-13H2,1-3H3. The zero-order valence-corrected chi connectivity index (χ0v) is 14.7. The predicted molar refractivity (Wildman–Crippen MR) is 94.9 cm³/mol. The molecule has 2 aromatic rings. The van der Waals surface area contributed by atoms with Gasteiger partial charge in [-0.2, -0.15) is 0 Å². The van der Waals surface area contributed by atoms with Crippen molar-refractivity contribution in [1.29, 1.82) is 0 Å². The number of nitrogens with zero attached hydrogens (tertiary/aromatic N) is 3. The smallest absolute Gasteiger partial charge is 0.257 e. The number of benzene rings is 1. The zero-order valence-electron chi connectivity index (χ0n) is 14.7. The van der Waals surface area contributed by atoms with Crippen LogP contribution in [0.4, 0.5) is 5.82 Å². The molecule has 1 aliphatic heterocycles. The molecule has 1 aromatic carbocycles. The fourth-order valence-corrected chi connectivity index (χ4v) is 3.12. The number of rotatable bonds is 5. The van der Waals surface area contributed by atoms with E-state index in [1.807, 2.05) is 25.1 Å². The molecule has 1 aromatic heterocycles. The van der Waals surface area contributed by atoms with Gasteiger partial charge in [-0.3, -0.25) is 0 Å². The maximum Gasteiger partial charge on any atom is 0.257 e. The van der Waals surface area contributed by atoms with Crippen LogP contribution in [0.15, 0.2) is 30.5 Å². The molecule has 0 N–H and O–H groups in total. The fourth-order valence-electron chi connectivity index (χ4n) is 3.12. The molecule has 5 heteroatoms. The van der Waals surface area contributed by atoms with Crippen LogP contribution in [-0.4, -0.2) is 36.8 Å². The first kappa shape index (κ1) is 16.6. The number of hydrogen-bond acceptors (Lipinski definition) is 5. The van der Waals surface area contributed by atoms with Crippen LogP contribution in [0.5, 0.6) is 11.6 Å². The lowest BCUT2D eigenvalue weighted by Crippen LogP contribution is -2.38. The van der Waals surface area contributed by atoms with Crippen molar-refractivity contribution in [2.24, 2.45) is 5.92 Å². The number of methoxy groups -OCH3 is 1. The molecular formula is C19H25N3O2. The Morgan fingerprint density at radius 1 is 1.25 bits per heavy atom. The molecule has 0 aliphatic carbocycles. The highest BCUT2D eigenvalue weighted by Gasteiger charge is 2.24. The maximum atomic E-state index is 6.05. The van der Waals surface area contributed by atoms with Crippen molar-refractivity contribution in [3.63, 3.8) is 0 Å². The summed E-state index contributed by atoms with van der Waals surface area (Å²) < 4.78 is 11.4. The Bertz CT molecular complexity index is 690. The average molecular weight is 327 g/mol. The molecule has 0 spiro atoms. The van der Waals surface area contributed by atoms with Gasteiger partial charge in [-0.1, -0.05) is 18.2 Å². The largest absolute Gasteiger partial charge is 0.493 e. The molecule has 1 saturated heterocycles. The molecular weight excluding hydrogens is 302 g/mol. The van der Waals surface area contributed by atoms with Gasteiger partial charge in [0, 0.05) is 19.0 Å². The maximum absolute atomic E-state index is 6.05. The van der Waals surface area contributed by atoms with Crippen molar-refractivity contribution >= 4 is 5.82 Å². The van der Waals surface area contributed by atoms with E-state index in [2.05, 4.69) is 27.9 Å². The van der Waals surface area contributed by atoms with Gasteiger partial charge in [0.2, 0.25) is 0 Å². The van der Waals surface area contributed by atoms with E-state index in [4.69, 9.17) is 9.47 Å². The van der Waals surface area contributed by atoms with Crippen LogP contribution in [0.2, 0.25) is 0 Å². The third kappa shape index (κ3) is 3.78. The quantitative estimate of drug-likeness (QED) is 0.842. The van der Waals surface area contributed by atoms with Crippen LogP contribution in [-0.2, 0) is 0 Å². The second-order valence-corrected chi connectivity index (χ2v) is 6.38. The average Bonchev–Trinajstić information content (AvgIpc) is 2.61. The molecule has 24 heavy (non-hydrogen) atoms. The summed E-state index contributed by atoms with van der Waals surface area (Å²) in [7, 11) is 1.64. The van der Waals surface area contributed by atoms with Gasteiger partial charge in [0.15, 0.2) is 5.82 Å². The molecule has 1 aliphatic rings. The molecule has 1 unspecified atom stereocenters. The summed E-state index contributed by atoms with van der Waals surface area (Å²) in [5.74, 6) is 2.90. The van der Waals surface area contributed by atoms with Crippen LogP contribution in [0.1, 0.15) is 24.1 Å². The van der Waals surface area contributed by atoms with Gasteiger partial charge >= 0.3 is 0 Å². The number of piperidine rings is 1. The highest BCUT2D eigenvalue weighted by atomic mass is 16.5. The molecule has 0 saturated carbocycles. The van der Waals surface area contributed by atoms with E-state index in [1.165, 1.54) is 12.0 Å². The van der Waals surface area contributed by atoms with Gasteiger partial charge in [-0.05, 0) is 38.3 Å². The SMILES string of the molecule is COc1ncc(C)nc1N1CCCC(COc2ccccc2C)C1. The van der Waals surface area contributed by atoms with Crippen molar-refractivity contribution in [2.45, 2.75) is 26.7 Å². The van der Waals surface area contributed by atoms with Crippen molar-refractivity contribution in [2.75, 3.05) is 31.7 Å². The van der Waals surface area contributed by atoms with Crippen LogP contribution < -0.4 is 14.4 Å². The lowest BCUT2D eigenvalue weighted by Gasteiger charge is -2.33. The van der Waals surface area contributed by atoms with Gasteiger partial charge in [0.1, 0.15) is 5.75 Å². The first-order valence-electron chi connectivity index (χ1n) is 8.48. The molecule has 128 valence electrons. The lowest BCUT2D eigenvalue weighted by atomic mass is 9.99. The van der Waals surface area contributed by atoms with Crippen LogP contribution in [0, 0.1) is 19.8 Å². The van der Waals surface area contributed by atoms with Crippen molar-refractivity contribution in [3.05, 3.63) is 41.7 Å². The molecule has 1 atom stereocenters. The minimum atomic E-state index is 0.477. The van der Waals surface area contributed by atoms with E-state index in [9.17, 15) is 0 Å². The second-order valence-electron chi connectivity index (χ2n) is 6.38. The summed E-state index contributed by atoms with van der Waals surface area (Å²) in [4.78, 5) is 11.2. The topological polar surface area (TPSA) is 47.5 Å². The zero-order chi connectivity index (χ0) is 16.9. The Labute approximate surface area is 143 Å². The summed E-state index contributed by atoms with van der Waals surface area (Å²) in [6, 6.07) is 8.16. The lowest BCUT2D eigenvalue weighted by molar-refractivity contribution is 0.227.